The zero-order valence-electron chi connectivity index (χ0n) is 16.0. The Kier molecular flexibility index (Phi) is 7.92. The third-order valence-electron chi connectivity index (χ3n) is 4.11. The molecule has 2 aromatic rings. The molecule has 0 radical (unpaired) electrons. The fourth-order valence-electron chi connectivity index (χ4n) is 2.62. The van der Waals surface area contributed by atoms with Crippen molar-refractivity contribution in [2.45, 2.75) is 26.3 Å². The zero-order valence-corrected chi connectivity index (χ0v) is 16.0. The van der Waals surface area contributed by atoms with Gasteiger partial charge in [0.1, 0.15) is 17.4 Å². The van der Waals surface area contributed by atoms with E-state index in [-0.39, 0.29) is 24.4 Å². The molecule has 2 amide bonds. The van der Waals surface area contributed by atoms with Gasteiger partial charge in [-0.1, -0.05) is 12.1 Å². The highest BCUT2D eigenvalue weighted by atomic mass is 19.1. The molecule has 0 unspecified atom stereocenters. The van der Waals surface area contributed by atoms with Gasteiger partial charge in [0.05, 0.1) is 12.2 Å². The van der Waals surface area contributed by atoms with E-state index in [1.165, 1.54) is 0 Å². The van der Waals surface area contributed by atoms with Crippen molar-refractivity contribution in [3.05, 3.63) is 65.2 Å². The highest BCUT2D eigenvalue weighted by Crippen LogP contribution is 2.14. The van der Waals surface area contributed by atoms with Crippen molar-refractivity contribution in [3.8, 4) is 5.75 Å². The fraction of sp³-hybridized carbons (Fsp3) is 0.333. The molecule has 0 aliphatic rings. The first-order valence-corrected chi connectivity index (χ1v) is 9.09. The normalized spacial score (nSPS) is 10.4. The molecule has 28 heavy (non-hydrogen) atoms. The highest BCUT2D eigenvalue weighted by Gasteiger charge is 2.13. The Hall–Kier alpha value is -2.96. The Morgan fingerprint density at radius 1 is 1.11 bits per heavy atom. The van der Waals surface area contributed by atoms with E-state index in [0.29, 0.717) is 25.6 Å². The summed E-state index contributed by atoms with van der Waals surface area (Å²) in [5.74, 6) is -1.56. The van der Waals surface area contributed by atoms with Crippen LogP contribution in [0, 0.1) is 11.6 Å². The average Bonchev–Trinajstić information content (AvgIpc) is 2.66. The lowest BCUT2D eigenvalue weighted by molar-refractivity contribution is -0.130. The van der Waals surface area contributed by atoms with Gasteiger partial charge in [-0.2, -0.15) is 0 Å². The van der Waals surface area contributed by atoms with E-state index in [1.54, 1.807) is 11.9 Å². The number of nitrogens with one attached hydrogen (secondary N) is 1. The monoisotopic (exact) mass is 390 g/mol. The van der Waals surface area contributed by atoms with Gasteiger partial charge < -0.3 is 15.0 Å². The number of halogens is 2. The molecule has 0 saturated carbocycles. The molecule has 0 bridgehead atoms. The van der Waals surface area contributed by atoms with Gasteiger partial charge in [-0.05, 0) is 43.2 Å². The molecule has 0 aromatic heterocycles. The first-order valence-electron chi connectivity index (χ1n) is 9.09. The Morgan fingerprint density at radius 3 is 2.46 bits per heavy atom. The van der Waals surface area contributed by atoms with Crippen molar-refractivity contribution in [1.29, 1.82) is 0 Å². The molecular formula is C21H24F2N2O3. The minimum Gasteiger partial charge on any atom is -0.494 e. The molecule has 150 valence electrons. The lowest BCUT2D eigenvalue weighted by Crippen LogP contribution is -2.29. The zero-order chi connectivity index (χ0) is 20.5. The minimum absolute atomic E-state index is 0.0592. The van der Waals surface area contributed by atoms with Crippen LogP contribution in [0.1, 0.15) is 35.7 Å². The van der Waals surface area contributed by atoms with Gasteiger partial charge in [0, 0.05) is 32.6 Å². The van der Waals surface area contributed by atoms with E-state index in [4.69, 9.17) is 4.74 Å². The van der Waals surface area contributed by atoms with Crippen LogP contribution >= 0.6 is 0 Å². The topological polar surface area (TPSA) is 58.6 Å². The Bertz CT molecular complexity index is 810. The van der Waals surface area contributed by atoms with Gasteiger partial charge in [0.2, 0.25) is 5.91 Å². The third-order valence-corrected chi connectivity index (χ3v) is 4.11. The number of hydrogen-bond donors (Lipinski definition) is 1. The minimum atomic E-state index is -0.913. The molecule has 1 N–H and O–H groups in total. The second kappa shape index (κ2) is 10.4. The van der Waals surface area contributed by atoms with Gasteiger partial charge in [0.15, 0.2) is 0 Å². The number of carbonyl (C=O) groups excluding carboxylic acids is 2. The smallest absolute Gasteiger partial charge is 0.254 e. The standard InChI is InChI=1S/C21H24F2N2O3/c1-3-28-17-9-6-15(7-10-17)14-25(2)20(26)5-4-12-24-21(27)18-11-8-16(22)13-19(18)23/h6-11,13H,3-5,12,14H2,1-2H3,(H,24,27). The summed E-state index contributed by atoms with van der Waals surface area (Å²) in [6, 6.07) is 10.3. The number of ether oxygens (including phenoxy) is 1. The lowest BCUT2D eigenvalue weighted by atomic mass is 10.2. The molecule has 7 heteroatoms. The maximum absolute atomic E-state index is 13.5. The highest BCUT2D eigenvalue weighted by molar-refractivity contribution is 5.94. The first kappa shape index (κ1) is 21.3. The van der Waals surface area contributed by atoms with Gasteiger partial charge in [0.25, 0.3) is 5.91 Å². The molecule has 0 fully saturated rings. The van der Waals surface area contributed by atoms with E-state index in [2.05, 4.69) is 5.32 Å². The summed E-state index contributed by atoms with van der Waals surface area (Å²) in [5, 5.41) is 2.54. The number of nitrogens with zero attached hydrogens (tertiary/aromatic N) is 1. The molecular weight excluding hydrogens is 366 g/mol. The predicted molar refractivity (Wildman–Crippen MR) is 102 cm³/mol. The second-order valence-corrected chi connectivity index (χ2v) is 6.31. The molecule has 2 aromatic carbocycles. The van der Waals surface area contributed by atoms with Crippen molar-refractivity contribution in [2.24, 2.45) is 0 Å². The van der Waals surface area contributed by atoms with Crippen molar-refractivity contribution < 1.29 is 23.1 Å². The van der Waals surface area contributed by atoms with Gasteiger partial charge >= 0.3 is 0 Å². The quantitative estimate of drug-likeness (QED) is 0.667. The van der Waals surface area contributed by atoms with E-state index < -0.39 is 17.5 Å². The third kappa shape index (κ3) is 6.33. The van der Waals surface area contributed by atoms with Crippen molar-refractivity contribution in [1.82, 2.24) is 10.2 Å². The molecule has 0 saturated heterocycles. The SMILES string of the molecule is CCOc1ccc(CN(C)C(=O)CCCNC(=O)c2ccc(F)cc2F)cc1. The molecule has 0 heterocycles. The molecule has 0 atom stereocenters. The summed E-state index contributed by atoms with van der Waals surface area (Å²) in [4.78, 5) is 25.7. The largest absolute Gasteiger partial charge is 0.494 e. The van der Waals surface area contributed by atoms with Crippen molar-refractivity contribution in [3.63, 3.8) is 0 Å². The van der Waals surface area contributed by atoms with Crippen LogP contribution in [-0.2, 0) is 11.3 Å². The van der Waals surface area contributed by atoms with Crippen LogP contribution in [0.2, 0.25) is 0 Å². The lowest BCUT2D eigenvalue weighted by Gasteiger charge is -2.17. The predicted octanol–water partition coefficient (Wildman–Crippen LogP) is 3.53. The Balaban J connectivity index is 1.73. The van der Waals surface area contributed by atoms with Crippen LogP contribution in [0.5, 0.6) is 5.75 Å². The first-order chi connectivity index (χ1) is 13.4. The molecule has 0 aliphatic carbocycles. The van der Waals surface area contributed by atoms with Gasteiger partial charge in [-0.3, -0.25) is 9.59 Å². The van der Waals surface area contributed by atoms with Gasteiger partial charge in [-0.15, -0.1) is 0 Å². The molecule has 2 rings (SSSR count). The van der Waals surface area contributed by atoms with Crippen LogP contribution in [0.4, 0.5) is 8.78 Å². The fourth-order valence-corrected chi connectivity index (χ4v) is 2.62. The Morgan fingerprint density at radius 2 is 1.82 bits per heavy atom. The van der Waals surface area contributed by atoms with Crippen molar-refractivity contribution in [2.75, 3.05) is 20.2 Å². The summed E-state index contributed by atoms with van der Waals surface area (Å²) in [5.41, 5.74) is 0.764. The number of carbonyl (C=O) groups is 2. The average molecular weight is 390 g/mol. The molecule has 0 aliphatic heterocycles. The van der Waals surface area contributed by atoms with E-state index in [1.807, 2.05) is 31.2 Å². The second-order valence-electron chi connectivity index (χ2n) is 6.31. The number of benzene rings is 2. The van der Waals surface area contributed by atoms with E-state index >= 15 is 0 Å². The van der Waals surface area contributed by atoms with Crippen LogP contribution in [0.25, 0.3) is 0 Å². The van der Waals surface area contributed by atoms with Crippen molar-refractivity contribution >= 4 is 11.8 Å². The summed E-state index contributed by atoms with van der Waals surface area (Å²) in [7, 11) is 1.71. The number of hydrogen-bond acceptors (Lipinski definition) is 3. The maximum Gasteiger partial charge on any atom is 0.254 e. The molecule has 0 spiro atoms. The van der Waals surface area contributed by atoms with Crippen LogP contribution in [0.15, 0.2) is 42.5 Å². The number of amides is 2. The van der Waals surface area contributed by atoms with Gasteiger partial charge in [-0.25, -0.2) is 8.78 Å². The van der Waals surface area contributed by atoms with Crippen LogP contribution in [0.3, 0.4) is 0 Å². The molecule has 5 nitrogen and oxygen atoms in total. The number of rotatable bonds is 9. The Labute approximate surface area is 163 Å². The summed E-state index contributed by atoms with van der Waals surface area (Å²) in [6.45, 7) is 3.21. The summed E-state index contributed by atoms with van der Waals surface area (Å²) in [6.07, 6.45) is 0.667. The van der Waals surface area contributed by atoms with Crippen LogP contribution in [-0.4, -0.2) is 36.9 Å². The van der Waals surface area contributed by atoms with Crippen LogP contribution < -0.4 is 10.1 Å². The van der Waals surface area contributed by atoms with E-state index in [0.717, 1.165) is 23.4 Å². The van der Waals surface area contributed by atoms with E-state index in [9.17, 15) is 18.4 Å². The summed E-state index contributed by atoms with van der Waals surface area (Å²) < 4.78 is 31.8. The maximum atomic E-state index is 13.5. The summed E-state index contributed by atoms with van der Waals surface area (Å²) >= 11 is 0.